The molecular formula is C10H17N3O3. The van der Waals surface area contributed by atoms with Crippen LogP contribution in [-0.2, 0) is 14.3 Å². The van der Waals surface area contributed by atoms with Crippen LogP contribution in [0.4, 0.5) is 0 Å². The summed E-state index contributed by atoms with van der Waals surface area (Å²) in [5.41, 5.74) is 5.79. The summed E-state index contributed by atoms with van der Waals surface area (Å²) in [4.78, 5) is 25.0. The molecule has 0 radical (unpaired) electrons. The minimum absolute atomic E-state index is 0.0537. The number of nitrogens with one attached hydrogen (secondary N) is 1. The Morgan fingerprint density at radius 3 is 3.00 bits per heavy atom. The molecule has 0 aromatic heterocycles. The van der Waals surface area contributed by atoms with Crippen molar-refractivity contribution in [2.24, 2.45) is 11.7 Å². The van der Waals surface area contributed by atoms with Crippen LogP contribution >= 0.6 is 0 Å². The first-order chi connectivity index (χ1) is 7.68. The van der Waals surface area contributed by atoms with Crippen LogP contribution < -0.4 is 11.1 Å². The van der Waals surface area contributed by atoms with Gasteiger partial charge in [-0.1, -0.05) is 0 Å². The van der Waals surface area contributed by atoms with Crippen LogP contribution in [0.3, 0.4) is 0 Å². The van der Waals surface area contributed by atoms with Gasteiger partial charge < -0.3 is 20.7 Å². The second-order valence-electron chi connectivity index (χ2n) is 4.27. The van der Waals surface area contributed by atoms with E-state index in [-0.39, 0.29) is 30.3 Å². The van der Waals surface area contributed by atoms with Gasteiger partial charge in [-0.25, -0.2) is 0 Å². The molecule has 2 atom stereocenters. The summed E-state index contributed by atoms with van der Waals surface area (Å²) in [6.07, 6.45) is 0.792. The van der Waals surface area contributed by atoms with Crippen LogP contribution in [0.25, 0.3) is 0 Å². The summed E-state index contributed by atoms with van der Waals surface area (Å²) >= 11 is 0. The number of amides is 2. The van der Waals surface area contributed by atoms with Gasteiger partial charge in [-0.15, -0.1) is 0 Å². The average molecular weight is 227 g/mol. The molecular weight excluding hydrogens is 210 g/mol. The molecule has 0 saturated carbocycles. The summed E-state index contributed by atoms with van der Waals surface area (Å²) in [5.74, 6) is -0.439. The molecule has 2 saturated heterocycles. The van der Waals surface area contributed by atoms with Crippen molar-refractivity contribution in [2.45, 2.75) is 12.5 Å². The van der Waals surface area contributed by atoms with E-state index >= 15 is 0 Å². The maximum absolute atomic E-state index is 12.1. The maximum Gasteiger partial charge on any atom is 0.239 e. The fourth-order valence-corrected chi connectivity index (χ4v) is 2.05. The zero-order valence-corrected chi connectivity index (χ0v) is 9.15. The van der Waals surface area contributed by atoms with E-state index in [4.69, 9.17) is 10.5 Å². The standard InChI is InChI=1S/C10H17N3O3/c11-8-6-16-5-7(8)10(15)13-3-1-2-12-9(14)4-13/h7-8H,1-6,11H2,(H,12,14). The van der Waals surface area contributed by atoms with Gasteiger partial charge in [0.15, 0.2) is 0 Å². The van der Waals surface area contributed by atoms with Crippen LogP contribution in [0.15, 0.2) is 0 Å². The van der Waals surface area contributed by atoms with Gasteiger partial charge in [-0.3, -0.25) is 9.59 Å². The number of carbonyl (C=O) groups is 2. The van der Waals surface area contributed by atoms with E-state index in [1.54, 1.807) is 4.90 Å². The molecule has 0 aliphatic carbocycles. The molecule has 2 unspecified atom stereocenters. The third kappa shape index (κ3) is 2.33. The van der Waals surface area contributed by atoms with Crippen molar-refractivity contribution in [1.82, 2.24) is 10.2 Å². The first kappa shape index (κ1) is 11.3. The molecule has 90 valence electrons. The molecule has 6 heteroatoms. The number of carbonyl (C=O) groups excluding carboxylic acids is 2. The molecule has 2 fully saturated rings. The van der Waals surface area contributed by atoms with Gasteiger partial charge in [-0.05, 0) is 6.42 Å². The third-order valence-electron chi connectivity index (χ3n) is 3.01. The van der Waals surface area contributed by atoms with Gasteiger partial charge in [0.1, 0.15) is 0 Å². The molecule has 0 bridgehead atoms. The van der Waals surface area contributed by atoms with Crippen LogP contribution in [0.5, 0.6) is 0 Å². The van der Waals surface area contributed by atoms with Gasteiger partial charge in [0.05, 0.1) is 25.7 Å². The van der Waals surface area contributed by atoms with E-state index in [2.05, 4.69) is 5.32 Å². The highest BCUT2D eigenvalue weighted by atomic mass is 16.5. The average Bonchev–Trinajstić information content (AvgIpc) is 2.55. The van der Waals surface area contributed by atoms with E-state index in [9.17, 15) is 9.59 Å². The zero-order valence-electron chi connectivity index (χ0n) is 9.15. The Kier molecular flexibility index (Phi) is 3.40. The molecule has 0 aromatic rings. The van der Waals surface area contributed by atoms with Gasteiger partial charge >= 0.3 is 0 Å². The lowest BCUT2D eigenvalue weighted by Crippen LogP contribution is -2.45. The van der Waals surface area contributed by atoms with E-state index in [0.29, 0.717) is 26.3 Å². The van der Waals surface area contributed by atoms with Crippen LogP contribution in [0.1, 0.15) is 6.42 Å². The summed E-state index contributed by atoms with van der Waals surface area (Å²) < 4.78 is 5.17. The van der Waals surface area contributed by atoms with Crippen LogP contribution in [0.2, 0.25) is 0 Å². The van der Waals surface area contributed by atoms with E-state index < -0.39 is 0 Å². The molecule has 0 aromatic carbocycles. The van der Waals surface area contributed by atoms with Gasteiger partial charge in [0.2, 0.25) is 11.8 Å². The smallest absolute Gasteiger partial charge is 0.239 e. The summed E-state index contributed by atoms with van der Waals surface area (Å²) in [5, 5.41) is 2.74. The van der Waals surface area contributed by atoms with Crippen molar-refractivity contribution >= 4 is 11.8 Å². The van der Waals surface area contributed by atoms with Crippen molar-refractivity contribution in [3.05, 3.63) is 0 Å². The quantitative estimate of drug-likeness (QED) is 0.559. The minimum atomic E-state index is -0.286. The number of rotatable bonds is 1. The topological polar surface area (TPSA) is 84.7 Å². The molecule has 3 N–H and O–H groups in total. The number of hydrogen-bond acceptors (Lipinski definition) is 4. The lowest BCUT2D eigenvalue weighted by molar-refractivity contribution is -0.138. The summed E-state index contributed by atoms with van der Waals surface area (Å²) in [7, 11) is 0. The molecule has 2 heterocycles. The predicted octanol–water partition coefficient (Wildman–Crippen LogP) is -1.69. The first-order valence-corrected chi connectivity index (χ1v) is 5.57. The molecule has 16 heavy (non-hydrogen) atoms. The Bertz CT molecular complexity index is 295. The number of nitrogens with zero attached hydrogens (tertiary/aromatic N) is 1. The van der Waals surface area contributed by atoms with E-state index in [0.717, 1.165) is 6.42 Å². The van der Waals surface area contributed by atoms with Crippen molar-refractivity contribution < 1.29 is 14.3 Å². The Morgan fingerprint density at radius 1 is 1.50 bits per heavy atom. The van der Waals surface area contributed by atoms with Gasteiger partial charge in [0.25, 0.3) is 0 Å². The summed E-state index contributed by atoms with van der Waals surface area (Å²) in [6.45, 7) is 2.19. The third-order valence-corrected chi connectivity index (χ3v) is 3.01. The van der Waals surface area contributed by atoms with Gasteiger partial charge in [0, 0.05) is 19.1 Å². The number of hydrogen-bond donors (Lipinski definition) is 2. The minimum Gasteiger partial charge on any atom is -0.379 e. The van der Waals surface area contributed by atoms with Crippen molar-refractivity contribution in [2.75, 3.05) is 32.8 Å². The highest BCUT2D eigenvalue weighted by Crippen LogP contribution is 2.15. The monoisotopic (exact) mass is 227 g/mol. The van der Waals surface area contributed by atoms with Crippen molar-refractivity contribution in [3.8, 4) is 0 Å². The van der Waals surface area contributed by atoms with E-state index in [1.165, 1.54) is 0 Å². The SMILES string of the molecule is NC1COCC1C(=O)N1CCCNC(=O)C1. The first-order valence-electron chi connectivity index (χ1n) is 5.57. The van der Waals surface area contributed by atoms with Crippen LogP contribution in [0, 0.1) is 5.92 Å². The lowest BCUT2D eigenvalue weighted by atomic mass is 10.0. The molecule has 2 aliphatic rings. The maximum atomic E-state index is 12.1. The zero-order chi connectivity index (χ0) is 11.5. The van der Waals surface area contributed by atoms with Gasteiger partial charge in [-0.2, -0.15) is 0 Å². The van der Waals surface area contributed by atoms with Crippen molar-refractivity contribution in [3.63, 3.8) is 0 Å². The normalized spacial score (nSPS) is 31.1. The second kappa shape index (κ2) is 4.80. The molecule has 0 spiro atoms. The Morgan fingerprint density at radius 2 is 2.31 bits per heavy atom. The molecule has 2 amide bonds. The largest absolute Gasteiger partial charge is 0.379 e. The Balaban J connectivity index is 1.99. The molecule has 2 rings (SSSR count). The number of nitrogens with two attached hydrogens (primary N) is 1. The highest BCUT2D eigenvalue weighted by molar-refractivity contribution is 5.86. The highest BCUT2D eigenvalue weighted by Gasteiger charge is 2.35. The predicted molar refractivity (Wildman–Crippen MR) is 56.5 cm³/mol. The van der Waals surface area contributed by atoms with Crippen molar-refractivity contribution in [1.29, 1.82) is 0 Å². The van der Waals surface area contributed by atoms with E-state index in [1.807, 2.05) is 0 Å². The fraction of sp³-hybridized carbons (Fsp3) is 0.800. The number of ether oxygens (including phenoxy) is 1. The molecule has 6 nitrogen and oxygen atoms in total. The Labute approximate surface area is 94.1 Å². The lowest BCUT2D eigenvalue weighted by Gasteiger charge is -2.23. The fourth-order valence-electron chi connectivity index (χ4n) is 2.05. The van der Waals surface area contributed by atoms with Crippen LogP contribution in [-0.4, -0.2) is 55.6 Å². The Hall–Kier alpha value is -1.14. The molecule has 2 aliphatic heterocycles. The second-order valence-corrected chi connectivity index (χ2v) is 4.27. The summed E-state index contributed by atoms with van der Waals surface area (Å²) in [6, 6.07) is -0.237.